The van der Waals surface area contributed by atoms with Gasteiger partial charge in [-0.05, 0) is 23.1 Å². The first-order valence-electron chi connectivity index (χ1n) is 7.84. The van der Waals surface area contributed by atoms with Crippen LogP contribution >= 0.6 is 0 Å². The fourth-order valence-electron chi connectivity index (χ4n) is 2.37. The van der Waals surface area contributed by atoms with Gasteiger partial charge in [-0.3, -0.25) is 0 Å². The Morgan fingerprint density at radius 3 is 2.19 bits per heavy atom. The van der Waals surface area contributed by atoms with Gasteiger partial charge in [0.2, 0.25) is 11.5 Å². The third kappa shape index (κ3) is 3.56. The van der Waals surface area contributed by atoms with E-state index >= 15 is 0 Å². The zero-order valence-corrected chi connectivity index (χ0v) is 14.7. The Labute approximate surface area is 147 Å². The molecule has 0 fully saturated rings. The van der Waals surface area contributed by atoms with Crippen LogP contribution in [0.4, 0.5) is 24.7 Å². The average Bonchev–Trinajstić information content (AvgIpc) is 2.97. The van der Waals surface area contributed by atoms with Crippen LogP contribution in [0, 0.1) is 0 Å². The molecule has 26 heavy (non-hydrogen) atoms. The highest BCUT2D eigenvalue weighted by atomic mass is 19.4. The molecule has 3 rings (SSSR count). The van der Waals surface area contributed by atoms with E-state index in [2.05, 4.69) is 46.0 Å². The molecule has 6 nitrogen and oxygen atoms in total. The van der Waals surface area contributed by atoms with Crippen LogP contribution < -0.4 is 10.1 Å². The van der Waals surface area contributed by atoms with Gasteiger partial charge in [0.05, 0.1) is 7.11 Å². The summed E-state index contributed by atoms with van der Waals surface area (Å²) in [7, 11) is 1.36. The van der Waals surface area contributed by atoms with E-state index in [0.29, 0.717) is 5.69 Å². The molecule has 2 N–H and O–H groups in total. The number of H-pyrrole nitrogens is 1. The van der Waals surface area contributed by atoms with Crippen LogP contribution in [0.3, 0.4) is 0 Å². The van der Waals surface area contributed by atoms with Crippen molar-refractivity contribution < 1.29 is 17.9 Å². The summed E-state index contributed by atoms with van der Waals surface area (Å²) in [6.45, 7) is 6.32. The molecule has 0 amide bonds. The Morgan fingerprint density at radius 1 is 1.00 bits per heavy atom. The number of methoxy groups -OCH3 is 1. The van der Waals surface area contributed by atoms with Crippen LogP contribution in [0.1, 0.15) is 32.2 Å². The smallest absolute Gasteiger partial charge is 0.449 e. The van der Waals surface area contributed by atoms with Crippen molar-refractivity contribution in [3.8, 4) is 5.88 Å². The number of anilines is 2. The lowest BCUT2D eigenvalue weighted by atomic mass is 9.87. The van der Waals surface area contributed by atoms with Crippen molar-refractivity contribution in [2.45, 2.75) is 32.4 Å². The Kier molecular flexibility index (Phi) is 4.25. The molecule has 138 valence electrons. The molecular formula is C17H18F3N5O. The van der Waals surface area contributed by atoms with E-state index < -0.39 is 12.0 Å². The molecule has 0 aliphatic heterocycles. The molecule has 0 unspecified atom stereocenters. The Bertz CT molecular complexity index is 926. The van der Waals surface area contributed by atoms with Gasteiger partial charge < -0.3 is 15.0 Å². The highest BCUT2D eigenvalue weighted by Crippen LogP contribution is 2.31. The summed E-state index contributed by atoms with van der Waals surface area (Å²) in [4.78, 5) is 13.7. The quantitative estimate of drug-likeness (QED) is 0.718. The normalized spacial score (nSPS) is 12.4. The second-order valence-electron chi connectivity index (χ2n) is 6.79. The van der Waals surface area contributed by atoms with Crippen molar-refractivity contribution >= 4 is 22.8 Å². The Balaban J connectivity index is 1.96. The summed E-state index contributed by atoms with van der Waals surface area (Å²) < 4.78 is 43.5. The molecule has 3 aromatic rings. The number of rotatable bonds is 3. The monoisotopic (exact) mass is 365 g/mol. The lowest BCUT2D eigenvalue weighted by molar-refractivity contribution is -0.144. The number of nitrogens with one attached hydrogen (secondary N) is 2. The van der Waals surface area contributed by atoms with Crippen LogP contribution in [-0.4, -0.2) is 27.0 Å². The number of benzene rings is 1. The van der Waals surface area contributed by atoms with Gasteiger partial charge in [-0.2, -0.15) is 18.2 Å². The molecule has 0 saturated heterocycles. The Hall–Kier alpha value is -2.84. The van der Waals surface area contributed by atoms with Crippen molar-refractivity contribution in [2.24, 2.45) is 0 Å². The van der Waals surface area contributed by atoms with Crippen LogP contribution in [0.2, 0.25) is 0 Å². The van der Waals surface area contributed by atoms with E-state index in [1.54, 1.807) is 0 Å². The van der Waals surface area contributed by atoms with Crippen molar-refractivity contribution in [1.82, 2.24) is 19.9 Å². The van der Waals surface area contributed by atoms with Crippen molar-refractivity contribution in [1.29, 1.82) is 0 Å². The van der Waals surface area contributed by atoms with Crippen molar-refractivity contribution in [2.75, 3.05) is 12.4 Å². The van der Waals surface area contributed by atoms with Crippen LogP contribution in [0.25, 0.3) is 11.3 Å². The second kappa shape index (κ2) is 6.15. The van der Waals surface area contributed by atoms with E-state index in [1.807, 2.05) is 24.3 Å². The lowest BCUT2D eigenvalue weighted by Gasteiger charge is -2.19. The number of ether oxygens (including phenoxy) is 1. The van der Waals surface area contributed by atoms with E-state index in [0.717, 1.165) is 5.56 Å². The minimum Gasteiger partial charge on any atom is -0.478 e. The molecule has 0 spiro atoms. The van der Waals surface area contributed by atoms with Crippen LogP contribution in [0.15, 0.2) is 24.3 Å². The molecule has 0 bridgehead atoms. The minimum absolute atomic E-state index is 0.0127. The third-order valence-electron chi connectivity index (χ3n) is 3.78. The summed E-state index contributed by atoms with van der Waals surface area (Å²) >= 11 is 0. The van der Waals surface area contributed by atoms with Gasteiger partial charge in [-0.25, -0.2) is 9.97 Å². The summed E-state index contributed by atoms with van der Waals surface area (Å²) in [5.74, 6) is -0.903. The molecule has 0 saturated carbocycles. The third-order valence-corrected chi connectivity index (χ3v) is 3.78. The van der Waals surface area contributed by atoms with Crippen LogP contribution in [-0.2, 0) is 11.6 Å². The van der Waals surface area contributed by atoms with E-state index in [4.69, 9.17) is 4.74 Å². The molecule has 2 aromatic heterocycles. The van der Waals surface area contributed by atoms with Crippen molar-refractivity contribution in [3.05, 3.63) is 35.7 Å². The van der Waals surface area contributed by atoms with Gasteiger partial charge in [0.15, 0.2) is 11.5 Å². The molecule has 9 heteroatoms. The molecule has 0 radical (unpaired) electrons. The van der Waals surface area contributed by atoms with E-state index in [-0.39, 0.29) is 28.4 Å². The number of hydrogen-bond acceptors (Lipinski definition) is 5. The maximum absolute atomic E-state index is 12.8. The average molecular weight is 365 g/mol. The van der Waals surface area contributed by atoms with Gasteiger partial charge in [-0.1, -0.05) is 32.9 Å². The number of alkyl halides is 3. The molecule has 0 aliphatic rings. The summed E-state index contributed by atoms with van der Waals surface area (Å²) in [5, 5.41) is 3.01. The largest absolute Gasteiger partial charge is 0.478 e. The number of halogens is 3. The fraction of sp³-hybridized carbons (Fsp3) is 0.353. The first-order valence-corrected chi connectivity index (χ1v) is 7.84. The lowest BCUT2D eigenvalue weighted by Crippen LogP contribution is -2.10. The number of fused-ring (bicyclic) bond motifs is 1. The highest BCUT2D eigenvalue weighted by Gasteiger charge is 2.35. The molecule has 0 atom stereocenters. The second-order valence-corrected chi connectivity index (χ2v) is 6.79. The summed E-state index contributed by atoms with van der Waals surface area (Å²) in [6, 6.07) is 7.66. The number of nitrogens with zero attached hydrogens (tertiary/aromatic N) is 3. The molecular weight excluding hydrogens is 347 g/mol. The molecule has 2 heterocycles. The predicted octanol–water partition coefficient (Wildman–Crippen LogP) is 4.42. The van der Waals surface area contributed by atoms with E-state index in [1.165, 1.54) is 7.11 Å². The first kappa shape index (κ1) is 18.0. The van der Waals surface area contributed by atoms with Gasteiger partial charge in [0, 0.05) is 5.69 Å². The number of imidazole rings is 1. The summed E-state index contributed by atoms with van der Waals surface area (Å²) in [6.07, 6.45) is -4.61. The zero-order chi connectivity index (χ0) is 19.1. The molecule has 1 aromatic carbocycles. The predicted molar refractivity (Wildman–Crippen MR) is 91.7 cm³/mol. The number of hydrogen-bond donors (Lipinski definition) is 2. The fourth-order valence-corrected chi connectivity index (χ4v) is 2.37. The van der Waals surface area contributed by atoms with E-state index in [9.17, 15) is 13.2 Å². The first-order chi connectivity index (χ1) is 12.1. The Morgan fingerprint density at radius 2 is 1.65 bits per heavy atom. The van der Waals surface area contributed by atoms with Gasteiger partial charge in [-0.15, -0.1) is 0 Å². The topological polar surface area (TPSA) is 75.7 Å². The maximum Gasteiger partial charge on any atom is 0.449 e. The summed E-state index contributed by atoms with van der Waals surface area (Å²) in [5.41, 5.74) is 1.63. The standard InChI is InChI=1S/C17H18F3N5O/c1-16(2,3)9-5-7-10(8-6-9)21-13-14(26-4)23-12-11(22-13)24-15(25-12)17(18,19)20/h5-8H,1-4H3,(H2,21,22,23,24,25). The van der Waals surface area contributed by atoms with Gasteiger partial charge >= 0.3 is 6.18 Å². The van der Waals surface area contributed by atoms with Crippen molar-refractivity contribution in [3.63, 3.8) is 0 Å². The number of aromatic amines is 1. The van der Waals surface area contributed by atoms with Gasteiger partial charge in [0.25, 0.3) is 5.88 Å². The zero-order valence-electron chi connectivity index (χ0n) is 14.7. The molecule has 0 aliphatic carbocycles. The van der Waals surface area contributed by atoms with Gasteiger partial charge in [0.1, 0.15) is 0 Å². The number of aromatic nitrogens is 4. The maximum atomic E-state index is 12.8. The minimum atomic E-state index is -4.61. The SMILES string of the molecule is COc1nc2nc(C(F)(F)F)[nH]c2nc1Nc1ccc(C(C)(C)C)cc1. The highest BCUT2D eigenvalue weighted by molar-refractivity contribution is 5.73. The van der Waals surface area contributed by atoms with Crippen LogP contribution in [0.5, 0.6) is 5.88 Å².